The number of hydrogen-bond donors (Lipinski definition) is 1. The maximum Gasteiger partial charge on any atom is 0.0334 e. The summed E-state index contributed by atoms with van der Waals surface area (Å²) in [5.74, 6) is 0.952. The summed E-state index contributed by atoms with van der Waals surface area (Å²) in [6, 6.07) is 0. The van der Waals surface area contributed by atoms with Crippen LogP contribution in [-0.2, 0) is 0 Å². The third-order valence-corrected chi connectivity index (χ3v) is 6.13. The monoisotopic (exact) mass is 280 g/mol. The fourth-order valence-electron chi connectivity index (χ4n) is 3.98. The van der Waals surface area contributed by atoms with Crippen LogP contribution in [0.25, 0.3) is 0 Å². The Kier molecular flexibility index (Phi) is 5.53. The summed E-state index contributed by atoms with van der Waals surface area (Å²) in [5.41, 5.74) is 0.805. The van der Waals surface area contributed by atoms with E-state index in [1.54, 1.807) is 0 Å². The van der Waals surface area contributed by atoms with E-state index >= 15 is 0 Å². The molecule has 2 heteroatoms. The Morgan fingerprint density at radius 1 is 1.05 bits per heavy atom. The molecule has 1 atom stereocenters. The first kappa shape index (κ1) is 16.3. The number of hydrogen-bond acceptors (Lipinski definition) is 2. The number of nitrogens with zero attached hydrogens (tertiary/aromatic N) is 1. The normalized spacial score (nSPS) is 30.6. The van der Waals surface area contributed by atoms with E-state index in [0.717, 1.165) is 5.92 Å². The molecular formula is C18H36N2. The van der Waals surface area contributed by atoms with Gasteiger partial charge in [0.25, 0.3) is 0 Å². The lowest BCUT2D eigenvalue weighted by molar-refractivity contribution is -0.00320. The highest BCUT2D eigenvalue weighted by Gasteiger charge is 2.50. The first-order valence-corrected chi connectivity index (χ1v) is 9.10. The van der Waals surface area contributed by atoms with Crippen LogP contribution in [0.15, 0.2) is 0 Å². The molecule has 2 fully saturated rings. The quantitative estimate of drug-likeness (QED) is 0.670. The standard InChI is InChI=1S/C18H36N2/c1-5-8-9-10-13-20-15-18(6-2,7-3)19-14-17(20,4)16-11-12-16/h16,19H,5-15H2,1-4H3. The van der Waals surface area contributed by atoms with Crippen molar-refractivity contribution in [2.75, 3.05) is 19.6 Å². The molecule has 118 valence electrons. The van der Waals surface area contributed by atoms with Crippen LogP contribution in [0.1, 0.15) is 79.1 Å². The predicted molar refractivity (Wildman–Crippen MR) is 88.2 cm³/mol. The molecule has 1 unspecified atom stereocenters. The molecule has 2 nitrogen and oxygen atoms in total. The topological polar surface area (TPSA) is 15.3 Å². The van der Waals surface area contributed by atoms with Gasteiger partial charge in [-0.25, -0.2) is 0 Å². The summed E-state index contributed by atoms with van der Waals surface area (Å²) in [6.07, 6.45) is 11.0. The van der Waals surface area contributed by atoms with Gasteiger partial charge in [0, 0.05) is 24.2 Å². The number of unbranched alkanes of at least 4 members (excludes halogenated alkanes) is 3. The third kappa shape index (κ3) is 3.39. The van der Waals surface area contributed by atoms with Gasteiger partial charge in [-0.3, -0.25) is 4.90 Å². The van der Waals surface area contributed by atoms with Crippen LogP contribution >= 0.6 is 0 Å². The van der Waals surface area contributed by atoms with Crippen molar-refractivity contribution in [2.24, 2.45) is 5.92 Å². The maximum absolute atomic E-state index is 3.93. The molecule has 0 amide bonds. The molecule has 1 aliphatic heterocycles. The summed E-state index contributed by atoms with van der Waals surface area (Å²) in [4.78, 5) is 2.86. The molecule has 0 radical (unpaired) electrons. The van der Waals surface area contributed by atoms with E-state index in [4.69, 9.17) is 0 Å². The van der Waals surface area contributed by atoms with Gasteiger partial charge >= 0.3 is 0 Å². The van der Waals surface area contributed by atoms with Crippen molar-refractivity contribution in [3.05, 3.63) is 0 Å². The second kappa shape index (κ2) is 6.79. The molecule has 0 aromatic heterocycles. The van der Waals surface area contributed by atoms with Crippen LogP contribution in [0.2, 0.25) is 0 Å². The van der Waals surface area contributed by atoms with Crippen molar-refractivity contribution in [1.82, 2.24) is 10.2 Å². The zero-order chi connectivity index (χ0) is 14.6. The van der Waals surface area contributed by atoms with Gasteiger partial charge < -0.3 is 5.32 Å². The molecule has 1 heterocycles. The largest absolute Gasteiger partial charge is 0.308 e. The van der Waals surface area contributed by atoms with Crippen LogP contribution in [0, 0.1) is 5.92 Å². The smallest absolute Gasteiger partial charge is 0.0334 e. The average Bonchev–Trinajstić information content (AvgIpc) is 3.31. The third-order valence-electron chi connectivity index (χ3n) is 6.13. The van der Waals surface area contributed by atoms with Gasteiger partial charge in [0.15, 0.2) is 0 Å². The van der Waals surface area contributed by atoms with Crippen LogP contribution < -0.4 is 5.32 Å². The highest BCUT2D eigenvalue weighted by Crippen LogP contribution is 2.45. The Labute approximate surface area is 126 Å². The molecule has 0 bridgehead atoms. The molecular weight excluding hydrogens is 244 g/mol. The Morgan fingerprint density at radius 3 is 2.30 bits per heavy atom. The van der Waals surface area contributed by atoms with Gasteiger partial charge in [-0.1, -0.05) is 40.0 Å². The van der Waals surface area contributed by atoms with Gasteiger partial charge in [0.1, 0.15) is 0 Å². The van der Waals surface area contributed by atoms with E-state index in [1.807, 2.05) is 0 Å². The van der Waals surface area contributed by atoms with E-state index in [2.05, 4.69) is 37.9 Å². The highest BCUT2D eigenvalue weighted by molar-refractivity contribution is 5.08. The fourth-order valence-corrected chi connectivity index (χ4v) is 3.98. The van der Waals surface area contributed by atoms with E-state index in [0.29, 0.717) is 11.1 Å². The molecule has 0 aromatic rings. The first-order chi connectivity index (χ1) is 9.60. The molecule has 0 aromatic carbocycles. The Bertz CT molecular complexity index is 294. The zero-order valence-corrected chi connectivity index (χ0v) is 14.3. The molecule has 1 saturated carbocycles. The van der Waals surface area contributed by atoms with Crippen LogP contribution in [-0.4, -0.2) is 35.6 Å². The van der Waals surface area contributed by atoms with Gasteiger partial charge in [0.2, 0.25) is 0 Å². The minimum Gasteiger partial charge on any atom is -0.308 e. The Hall–Kier alpha value is -0.0800. The number of piperazine rings is 1. The summed E-state index contributed by atoms with van der Waals surface area (Å²) in [5, 5.41) is 3.93. The average molecular weight is 281 g/mol. The van der Waals surface area contributed by atoms with Crippen molar-refractivity contribution in [2.45, 2.75) is 90.1 Å². The van der Waals surface area contributed by atoms with Gasteiger partial charge in [-0.2, -0.15) is 0 Å². The lowest BCUT2D eigenvalue weighted by atomic mass is 9.81. The minimum atomic E-state index is 0.374. The lowest BCUT2D eigenvalue weighted by Gasteiger charge is -2.54. The van der Waals surface area contributed by atoms with Crippen molar-refractivity contribution in [3.63, 3.8) is 0 Å². The Balaban J connectivity index is 1.99. The highest BCUT2D eigenvalue weighted by atomic mass is 15.3. The van der Waals surface area contributed by atoms with Crippen LogP contribution in [0.3, 0.4) is 0 Å². The van der Waals surface area contributed by atoms with Crippen molar-refractivity contribution in [3.8, 4) is 0 Å². The van der Waals surface area contributed by atoms with Crippen LogP contribution in [0.5, 0.6) is 0 Å². The summed E-state index contributed by atoms with van der Waals surface area (Å²) in [6.45, 7) is 13.3. The van der Waals surface area contributed by atoms with E-state index in [1.165, 1.54) is 71.0 Å². The lowest BCUT2D eigenvalue weighted by Crippen LogP contribution is -2.69. The fraction of sp³-hybridized carbons (Fsp3) is 1.00. The van der Waals surface area contributed by atoms with E-state index in [-0.39, 0.29) is 0 Å². The van der Waals surface area contributed by atoms with Gasteiger partial charge in [0.05, 0.1) is 0 Å². The van der Waals surface area contributed by atoms with Crippen molar-refractivity contribution >= 4 is 0 Å². The SMILES string of the molecule is CCCCCCN1CC(CC)(CC)NCC1(C)C1CC1. The van der Waals surface area contributed by atoms with E-state index in [9.17, 15) is 0 Å². The predicted octanol–water partition coefficient (Wildman–Crippen LogP) is 4.20. The summed E-state index contributed by atoms with van der Waals surface area (Å²) < 4.78 is 0. The summed E-state index contributed by atoms with van der Waals surface area (Å²) in [7, 11) is 0. The Morgan fingerprint density at radius 2 is 1.75 bits per heavy atom. The van der Waals surface area contributed by atoms with Gasteiger partial charge in [-0.05, 0) is 51.5 Å². The maximum atomic E-state index is 3.93. The first-order valence-electron chi connectivity index (χ1n) is 9.10. The molecule has 1 N–H and O–H groups in total. The van der Waals surface area contributed by atoms with Crippen LogP contribution in [0.4, 0.5) is 0 Å². The molecule has 20 heavy (non-hydrogen) atoms. The molecule has 2 rings (SSSR count). The second-order valence-corrected chi connectivity index (χ2v) is 7.45. The number of rotatable bonds is 8. The summed E-state index contributed by atoms with van der Waals surface area (Å²) >= 11 is 0. The zero-order valence-electron chi connectivity index (χ0n) is 14.3. The molecule has 1 saturated heterocycles. The molecule has 0 spiro atoms. The molecule has 2 aliphatic rings. The minimum absolute atomic E-state index is 0.374. The number of nitrogens with one attached hydrogen (secondary N) is 1. The van der Waals surface area contributed by atoms with Crippen molar-refractivity contribution in [1.29, 1.82) is 0 Å². The van der Waals surface area contributed by atoms with Crippen molar-refractivity contribution < 1.29 is 0 Å². The molecule has 1 aliphatic carbocycles. The second-order valence-electron chi connectivity index (χ2n) is 7.45. The van der Waals surface area contributed by atoms with Gasteiger partial charge in [-0.15, -0.1) is 0 Å². The van der Waals surface area contributed by atoms with E-state index < -0.39 is 0 Å².